The van der Waals surface area contributed by atoms with Crippen molar-refractivity contribution in [1.82, 2.24) is 0 Å². The minimum atomic E-state index is -1.62. The van der Waals surface area contributed by atoms with E-state index >= 15 is 0 Å². The van der Waals surface area contributed by atoms with Gasteiger partial charge in [-0.3, -0.25) is 0 Å². The van der Waals surface area contributed by atoms with Crippen LogP contribution in [-0.4, -0.2) is 16.8 Å². The van der Waals surface area contributed by atoms with Gasteiger partial charge in [-0.05, 0) is 6.07 Å². The van der Waals surface area contributed by atoms with Crippen LogP contribution in [0.4, 0.5) is 13.2 Å². The molecule has 0 aliphatic rings. The molecule has 2 N–H and O–H groups in total. The van der Waals surface area contributed by atoms with E-state index in [0.717, 1.165) is 0 Å². The molecule has 0 spiro atoms. The number of aromatic hydroxyl groups is 1. The Kier molecular flexibility index (Phi) is 2.95. The van der Waals surface area contributed by atoms with Crippen LogP contribution < -0.4 is 0 Å². The fourth-order valence-electron chi connectivity index (χ4n) is 1.17. The lowest BCUT2D eigenvalue weighted by Crippen LogP contribution is -2.24. The number of hydrogen-bond acceptors (Lipinski definition) is 2. The number of aliphatic hydroxyl groups excluding tert-OH is 1. The van der Waals surface area contributed by atoms with Crippen LogP contribution in [0.2, 0.25) is 0 Å². The lowest BCUT2D eigenvalue weighted by Gasteiger charge is -2.23. The summed E-state index contributed by atoms with van der Waals surface area (Å²) in [7, 11) is 0. The summed E-state index contributed by atoms with van der Waals surface area (Å²) in [5.41, 5.74) is -1.35. The molecule has 0 unspecified atom stereocenters. The first-order valence-electron chi connectivity index (χ1n) is 4.29. The molecule has 1 aromatic rings. The second-order valence-electron chi connectivity index (χ2n) is 3.92. The summed E-state index contributed by atoms with van der Waals surface area (Å²) in [4.78, 5) is 0. The first kappa shape index (κ1) is 11.8. The summed E-state index contributed by atoms with van der Waals surface area (Å²) in [5.74, 6) is -5.56. The highest BCUT2D eigenvalue weighted by molar-refractivity contribution is 5.36. The molecular weight excluding hydrogens is 209 g/mol. The smallest absolute Gasteiger partial charge is 0.203 e. The topological polar surface area (TPSA) is 40.5 Å². The van der Waals surface area contributed by atoms with Crippen molar-refractivity contribution in [2.45, 2.75) is 19.3 Å². The number of hydrogen-bond donors (Lipinski definition) is 2. The van der Waals surface area contributed by atoms with Gasteiger partial charge >= 0.3 is 0 Å². The van der Waals surface area contributed by atoms with Gasteiger partial charge < -0.3 is 10.2 Å². The quantitative estimate of drug-likeness (QED) is 0.749. The van der Waals surface area contributed by atoms with Gasteiger partial charge in [0.15, 0.2) is 17.4 Å². The van der Waals surface area contributed by atoms with E-state index in [1.54, 1.807) is 0 Å². The fourth-order valence-corrected chi connectivity index (χ4v) is 1.17. The van der Waals surface area contributed by atoms with E-state index in [4.69, 9.17) is 10.2 Å². The fraction of sp³-hybridized carbons (Fsp3) is 0.400. The molecule has 0 amide bonds. The van der Waals surface area contributed by atoms with Crippen LogP contribution in [0.5, 0.6) is 5.75 Å². The SMILES string of the molecule is CC(C)(CO)c1cc(F)c(F)c(O)c1F. The monoisotopic (exact) mass is 220 g/mol. The highest BCUT2D eigenvalue weighted by Crippen LogP contribution is 2.33. The second-order valence-corrected chi connectivity index (χ2v) is 3.92. The molecule has 5 heteroatoms. The first-order valence-corrected chi connectivity index (χ1v) is 4.29. The number of phenolic OH excluding ortho intramolecular Hbond substituents is 1. The van der Waals surface area contributed by atoms with Crippen molar-refractivity contribution in [3.8, 4) is 5.75 Å². The van der Waals surface area contributed by atoms with E-state index in [-0.39, 0.29) is 5.56 Å². The Morgan fingerprint density at radius 1 is 1.20 bits per heavy atom. The van der Waals surface area contributed by atoms with E-state index in [1.165, 1.54) is 13.8 Å². The van der Waals surface area contributed by atoms with Gasteiger partial charge in [0, 0.05) is 11.0 Å². The summed E-state index contributed by atoms with van der Waals surface area (Å²) in [6.07, 6.45) is 0. The van der Waals surface area contributed by atoms with Crippen molar-refractivity contribution in [2.75, 3.05) is 6.61 Å². The molecule has 0 aromatic heterocycles. The Labute approximate surface area is 85.0 Å². The van der Waals surface area contributed by atoms with Crippen molar-refractivity contribution >= 4 is 0 Å². The number of aliphatic hydroxyl groups is 1. The van der Waals surface area contributed by atoms with Crippen LogP contribution in [0, 0.1) is 17.5 Å². The second kappa shape index (κ2) is 3.73. The Hall–Kier alpha value is -1.23. The average Bonchev–Trinajstić information content (AvgIpc) is 2.20. The number of halogens is 3. The molecule has 1 rings (SSSR count). The normalized spacial score (nSPS) is 11.9. The maximum Gasteiger partial charge on any atom is 0.203 e. The first-order chi connectivity index (χ1) is 6.81. The molecule has 2 nitrogen and oxygen atoms in total. The van der Waals surface area contributed by atoms with E-state index in [0.29, 0.717) is 6.07 Å². The molecule has 1 aromatic carbocycles. The molecule has 0 fully saturated rings. The zero-order valence-electron chi connectivity index (χ0n) is 8.31. The van der Waals surface area contributed by atoms with E-state index < -0.39 is 35.2 Å². The molecular formula is C10H11F3O2. The number of benzene rings is 1. The van der Waals surface area contributed by atoms with Crippen molar-refractivity contribution in [3.05, 3.63) is 29.1 Å². The summed E-state index contributed by atoms with van der Waals surface area (Å²) < 4.78 is 39.0. The van der Waals surface area contributed by atoms with Crippen LogP contribution in [0.25, 0.3) is 0 Å². The maximum atomic E-state index is 13.4. The summed E-state index contributed by atoms with van der Waals surface area (Å²) in [6, 6.07) is 0.639. The molecule has 0 saturated carbocycles. The average molecular weight is 220 g/mol. The van der Waals surface area contributed by atoms with Crippen molar-refractivity contribution in [2.24, 2.45) is 0 Å². The molecule has 0 bridgehead atoms. The minimum Gasteiger partial charge on any atom is -0.503 e. The van der Waals surface area contributed by atoms with Crippen LogP contribution in [0.1, 0.15) is 19.4 Å². The van der Waals surface area contributed by atoms with Crippen LogP contribution in [0.15, 0.2) is 6.07 Å². The molecule has 0 aliphatic heterocycles. The number of rotatable bonds is 2. The van der Waals surface area contributed by atoms with Gasteiger partial charge in [0.05, 0.1) is 6.61 Å². The van der Waals surface area contributed by atoms with Crippen molar-refractivity contribution < 1.29 is 23.4 Å². The lowest BCUT2D eigenvalue weighted by molar-refractivity contribution is 0.213. The zero-order valence-corrected chi connectivity index (χ0v) is 8.31. The Morgan fingerprint density at radius 3 is 2.20 bits per heavy atom. The zero-order chi connectivity index (χ0) is 11.8. The van der Waals surface area contributed by atoms with Gasteiger partial charge in [-0.1, -0.05) is 13.8 Å². The van der Waals surface area contributed by atoms with Crippen molar-refractivity contribution in [1.29, 1.82) is 0 Å². The molecule has 84 valence electrons. The minimum absolute atomic E-state index is 0.263. The van der Waals surface area contributed by atoms with E-state index in [2.05, 4.69) is 0 Å². The maximum absolute atomic E-state index is 13.4. The van der Waals surface area contributed by atoms with Crippen molar-refractivity contribution in [3.63, 3.8) is 0 Å². The Bertz CT molecular complexity index is 389. The lowest BCUT2D eigenvalue weighted by atomic mass is 9.85. The van der Waals surface area contributed by atoms with Gasteiger partial charge in [0.2, 0.25) is 5.82 Å². The molecule has 0 aliphatic carbocycles. The third-order valence-electron chi connectivity index (χ3n) is 2.26. The Morgan fingerprint density at radius 2 is 1.73 bits per heavy atom. The highest BCUT2D eigenvalue weighted by Gasteiger charge is 2.28. The van der Waals surface area contributed by atoms with Crippen LogP contribution in [0.3, 0.4) is 0 Å². The van der Waals surface area contributed by atoms with Gasteiger partial charge in [-0.15, -0.1) is 0 Å². The van der Waals surface area contributed by atoms with Crippen LogP contribution in [-0.2, 0) is 5.41 Å². The molecule has 0 saturated heterocycles. The van der Waals surface area contributed by atoms with Gasteiger partial charge in [-0.2, -0.15) is 4.39 Å². The largest absolute Gasteiger partial charge is 0.503 e. The van der Waals surface area contributed by atoms with E-state index in [1.807, 2.05) is 0 Å². The third-order valence-corrected chi connectivity index (χ3v) is 2.26. The molecule has 0 atom stereocenters. The summed E-state index contributed by atoms with van der Waals surface area (Å²) in [5, 5.41) is 17.9. The summed E-state index contributed by atoms with van der Waals surface area (Å²) in [6.45, 7) is 2.44. The summed E-state index contributed by atoms with van der Waals surface area (Å²) >= 11 is 0. The predicted molar refractivity (Wildman–Crippen MR) is 48.1 cm³/mol. The van der Waals surface area contributed by atoms with Gasteiger partial charge in [0.25, 0.3) is 0 Å². The van der Waals surface area contributed by atoms with Crippen LogP contribution >= 0.6 is 0 Å². The highest BCUT2D eigenvalue weighted by atomic mass is 19.2. The predicted octanol–water partition coefficient (Wildman–Crippen LogP) is 2.08. The molecule has 15 heavy (non-hydrogen) atoms. The van der Waals surface area contributed by atoms with Gasteiger partial charge in [0.1, 0.15) is 0 Å². The Balaban J connectivity index is 3.45. The number of phenols is 1. The van der Waals surface area contributed by atoms with Gasteiger partial charge in [-0.25, -0.2) is 8.78 Å². The third kappa shape index (κ3) is 1.92. The molecule has 0 radical (unpaired) electrons. The molecule has 0 heterocycles. The standard InChI is InChI=1S/C10H11F3O2/c1-10(2,4-14)5-3-6(11)8(13)9(15)7(5)12/h3,14-15H,4H2,1-2H3. The van der Waals surface area contributed by atoms with E-state index in [9.17, 15) is 13.2 Å².